The van der Waals surface area contributed by atoms with E-state index >= 15 is 0 Å². The monoisotopic (exact) mass is 393 g/mol. The van der Waals surface area contributed by atoms with Gasteiger partial charge in [0.2, 0.25) is 6.23 Å². The third-order valence-electron chi connectivity index (χ3n) is 5.16. The Morgan fingerprint density at radius 3 is 2.31 bits per heavy atom. The number of nitrogens with zero attached hydrogens (tertiary/aromatic N) is 1. The van der Waals surface area contributed by atoms with E-state index in [1.54, 1.807) is 12.1 Å². The van der Waals surface area contributed by atoms with Gasteiger partial charge in [0.25, 0.3) is 0 Å². The zero-order valence-electron chi connectivity index (χ0n) is 15.0. The van der Waals surface area contributed by atoms with Gasteiger partial charge in [-0.25, -0.2) is 4.79 Å². The second-order valence-electron chi connectivity index (χ2n) is 6.88. The van der Waals surface area contributed by atoms with Crippen molar-refractivity contribution in [2.24, 2.45) is 0 Å². The Kier molecular flexibility index (Phi) is 3.77. The second-order valence-corrected chi connectivity index (χ2v) is 6.88. The molecule has 0 fully saturated rings. The first-order valence-corrected chi connectivity index (χ1v) is 9.01. The molecule has 1 aliphatic rings. The zero-order chi connectivity index (χ0) is 20.2. The minimum Gasteiger partial charge on any atom is -0.433 e. The van der Waals surface area contributed by atoms with E-state index in [9.17, 15) is 18.0 Å². The van der Waals surface area contributed by atoms with Crippen molar-refractivity contribution in [3.63, 3.8) is 0 Å². The highest BCUT2D eigenvalue weighted by Gasteiger charge is 2.34. The summed E-state index contributed by atoms with van der Waals surface area (Å²) in [6.07, 6.45) is -5.08. The first kappa shape index (κ1) is 17.6. The Bertz CT molecular complexity index is 1240. The molecule has 0 N–H and O–H groups in total. The molecule has 0 spiro atoms. The lowest BCUT2D eigenvalue weighted by atomic mass is 10.1. The molecule has 144 valence electrons. The van der Waals surface area contributed by atoms with Crippen molar-refractivity contribution in [3.05, 3.63) is 95.6 Å². The Balaban J connectivity index is 1.71. The number of cyclic esters (lactones) is 1. The number of benzene rings is 3. The molecule has 1 atom stereocenters. The number of carbonyl (C=O) groups excluding carboxylic acids is 1. The maximum atomic E-state index is 13.0. The van der Waals surface area contributed by atoms with E-state index in [0.29, 0.717) is 16.8 Å². The molecule has 2 heterocycles. The van der Waals surface area contributed by atoms with Crippen LogP contribution in [0, 0.1) is 0 Å². The number of aromatic nitrogens is 1. The van der Waals surface area contributed by atoms with Gasteiger partial charge in [0.05, 0.1) is 22.3 Å². The summed E-state index contributed by atoms with van der Waals surface area (Å²) in [6.45, 7) is 0. The fourth-order valence-electron chi connectivity index (χ4n) is 3.80. The minimum absolute atomic E-state index is 0.415. The lowest BCUT2D eigenvalue weighted by Gasteiger charge is -2.18. The molecule has 5 rings (SSSR count). The molecule has 0 aliphatic carbocycles. The van der Waals surface area contributed by atoms with Gasteiger partial charge in [-0.3, -0.25) is 0 Å². The van der Waals surface area contributed by atoms with Crippen LogP contribution in [0.5, 0.6) is 0 Å². The fraction of sp³-hybridized carbons (Fsp3) is 0.0870. The van der Waals surface area contributed by atoms with Gasteiger partial charge in [0.15, 0.2) is 0 Å². The van der Waals surface area contributed by atoms with Crippen molar-refractivity contribution < 1.29 is 22.7 Å². The predicted octanol–water partition coefficient (Wildman–Crippen LogP) is 6.04. The van der Waals surface area contributed by atoms with Gasteiger partial charge in [-0.05, 0) is 35.9 Å². The number of hydrogen-bond donors (Lipinski definition) is 0. The number of carbonyl (C=O) groups is 1. The SMILES string of the molecule is O=C1OC(n2c(-c3ccc(C(F)(F)F)cc3)cc3ccccc32)c2ccccc21. The van der Waals surface area contributed by atoms with Crippen LogP contribution in [0.3, 0.4) is 0 Å². The number of esters is 1. The van der Waals surface area contributed by atoms with Crippen molar-refractivity contribution in [2.75, 3.05) is 0 Å². The van der Waals surface area contributed by atoms with Crippen LogP contribution in [0.15, 0.2) is 78.9 Å². The van der Waals surface area contributed by atoms with E-state index in [2.05, 4.69) is 0 Å². The number of halogens is 3. The van der Waals surface area contributed by atoms with Crippen LogP contribution < -0.4 is 0 Å². The van der Waals surface area contributed by atoms with Crippen LogP contribution in [0.2, 0.25) is 0 Å². The average molecular weight is 393 g/mol. The number of alkyl halides is 3. The molecule has 4 aromatic rings. The number of para-hydroxylation sites is 1. The third kappa shape index (κ3) is 2.79. The Hall–Kier alpha value is -3.54. The Labute approximate surface area is 164 Å². The smallest absolute Gasteiger partial charge is 0.416 e. The zero-order valence-corrected chi connectivity index (χ0v) is 15.0. The van der Waals surface area contributed by atoms with Gasteiger partial charge in [-0.1, -0.05) is 48.5 Å². The van der Waals surface area contributed by atoms with Crippen LogP contribution in [-0.2, 0) is 10.9 Å². The molecule has 3 nitrogen and oxygen atoms in total. The largest absolute Gasteiger partial charge is 0.433 e. The molecule has 0 saturated carbocycles. The highest BCUT2D eigenvalue weighted by molar-refractivity contribution is 5.95. The standard InChI is InChI=1S/C23H14F3NO2/c24-23(25,26)16-11-9-14(10-12-16)20-13-15-5-1-4-8-19(15)27(20)21-17-6-2-3-7-18(17)22(28)29-21/h1-13,21H. The highest BCUT2D eigenvalue weighted by Crippen LogP contribution is 2.40. The maximum Gasteiger partial charge on any atom is 0.416 e. The molecule has 0 saturated heterocycles. The van der Waals surface area contributed by atoms with Crippen molar-refractivity contribution in [1.82, 2.24) is 4.57 Å². The fourth-order valence-corrected chi connectivity index (χ4v) is 3.80. The number of rotatable bonds is 2. The molecule has 1 aliphatic heterocycles. The molecular weight excluding hydrogens is 379 g/mol. The third-order valence-corrected chi connectivity index (χ3v) is 5.16. The molecule has 0 bridgehead atoms. The van der Waals surface area contributed by atoms with E-state index in [4.69, 9.17) is 4.74 Å². The summed E-state index contributed by atoms with van der Waals surface area (Å²) in [5, 5.41) is 0.905. The van der Waals surface area contributed by atoms with Crippen molar-refractivity contribution in [3.8, 4) is 11.3 Å². The summed E-state index contributed by atoms with van der Waals surface area (Å²) in [4.78, 5) is 12.3. The van der Waals surface area contributed by atoms with Crippen LogP contribution in [0.4, 0.5) is 13.2 Å². The minimum atomic E-state index is -4.40. The second kappa shape index (κ2) is 6.24. The van der Waals surface area contributed by atoms with Gasteiger partial charge in [-0.2, -0.15) is 13.2 Å². The highest BCUT2D eigenvalue weighted by atomic mass is 19.4. The maximum absolute atomic E-state index is 13.0. The van der Waals surface area contributed by atoms with E-state index in [1.807, 2.05) is 47.0 Å². The summed E-state index contributed by atoms with van der Waals surface area (Å²) < 4.78 is 46.4. The molecule has 1 unspecified atom stereocenters. The van der Waals surface area contributed by atoms with Crippen LogP contribution >= 0.6 is 0 Å². The topological polar surface area (TPSA) is 31.2 Å². The molecule has 0 amide bonds. The van der Waals surface area contributed by atoms with Crippen molar-refractivity contribution in [1.29, 1.82) is 0 Å². The van der Waals surface area contributed by atoms with Crippen molar-refractivity contribution >= 4 is 16.9 Å². The normalized spacial score (nSPS) is 16.1. The van der Waals surface area contributed by atoms with E-state index in [1.165, 1.54) is 12.1 Å². The molecule has 1 aromatic heterocycles. The molecule has 6 heteroatoms. The van der Waals surface area contributed by atoms with E-state index in [0.717, 1.165) is 28.6 Å². The van der Waals surface area contributed by atoms with E-state index in [-0.39, 0.29) is 0 Å². The Morgan fingerprint density at radius 1 is 0.862 bits per heavy atom. The van der Waals surface area contributed by atoms with Gasteiger partial charge in [-0.15, -0.1) is 0 Å². The quantitative estimate of drug-likeness (QED) is 0.389. The first-order chi connectivity index (χ1) is 13.9. The molecule has 29 heavy (non-hydrogen) atoms. The lowest BCUT2D eigenvalue weighted by molar-refractivity contribution is -0.137. The summed E-state index contributed by atoms with van der Waals surface area (Å²) in [7, 11) is 0. The summed E-state index contributed by atoms with van der Waals surface area (Å²) in [5.41, 5.74) is 2.63. The van der Waals surface area contributed by atoms with Gasteiger partial charge < -0.3 is 9.30 Å². The van der Waals surface area contributed by atoms with Crippen LogP contribution in [-0.4, -0.2) is 10.5 Å². The molecule has 3 aromatic carbocycles. The number of fused-ring (bicyclic) bond motifs is 2. The number of ether oxygens (including phenoxy) is 1. The predicted molar refractivity (Wildman–Crippen MR) is 102 cm³/mol. The van der Waals surface area contributed by atoms with Crippen LogP contribution in [0.25, 0.3) is 22.2 Å². The van der Waals surface area contributed by atoms with Crippen LogP contribution in [0.1, 0.15) is 27.7 Å². The summed E-state index contributed by atoms with van der Waals surface area (Å²) >= 11 is 0. The Morgan fingerprint density at radius 2 is 1.55 bits per heavy atom. The number of hydrogen-bond acceptors (Lipinski definition) is 2. The first-order valence-electron chi connectivity index (χ1n) is 9.01. The average Bonchev–Trinajstić information content (AvgIpc) is 3.25. The molecule has 0 radical (unpaired) electrons. The van der Waals surface area contributed by atoms with Gasteiger partial charge >= 0.3 is 12.1 Å². The lowest BCUT2D eigenvalue weighted by Crippen LogP contribution is -2.11. The van der Waals surface area contributed by atoms with Gasteiger partial charge in [0.1, 0.15) is 0 Å². The summed E-state index contributed by atoms with van der Waals surface area (Å²) in [6, 6.07) is 21.6. The molecular formula is C23H14F3NO2. The summed E-state index contributed by atoms with van der Waals surface area (Å²) in [5.74, 6) is -0.415. The van der Waals surface area contributed by atoms with E-state index < -0.39 is 23.9 Å². The van der Waals surface area contributed by atoms with Crippen molar-refractivity contribution in [2.45, 2.75) is 12.4 Å². The van der Waals surface area contributed by atoms with Gasteiger partial charge in [0, 0.05) is 10.9 Å².